The molecule has 0 aliphatic carbocycles. The fourth-order valence-electron chi connectivity index (χ4n) is 2.59. The van der Waals surface area contributed by atoms with Crippen molar-refractivity contribution in [2.45, 2.75) is 0 Å². The van der Waals surface area contributed by atoms with E-state index in [0.29, 0.717) is 11.3 Å². The molecule has 0 aliphatic rings. The summed E-state index contributed by atoms with van der Waals surface area (Å²) in [5, 5.41) is 11.6. The van der Waals surface area contributed by atoms with Crippen molar-refractivity contribution in [3.63, 3.8) is 0 Å². The second kappa shape index (κ2) is 6.80. The number of carbonyl (C=O) groups is 1. The van der Waals surface area contributed by atoms with Crippen molar-refractivity contribution >= 4 is 22.6 Å². The number of hydrogen-bond donors (Lipinski definition) is 0. The van der Waals surface area contributed by atoms with Crippen LogP contribution in [-0.4, -0.2) is 12.9 Å². The number of allylic oxidation sites excluding steroid dienone is 1. The maximum atomic E-state index is 12.7. The molecular weight excluding hydrogens is 298 g/mol. The highest BCUT2D eigenvalue weighted by Gasteiger charge is 2.16. The summed E-state index contributed by atoms with van der Waals surface area (Å²) in [6.07, 6.45) is 1.61. The van der Waals surface area contributed by atoms with E-state index in [0.717, 1.165) is 16.3 Å². The molecule has 0 radical (unpaired) electrons. The molecule has 0 N–H and O–H groups in total. The molecular formula is C21H15NO2. The maximum Gasteiger partial charge on any atom is 0.207 e. The predicted octanol–water partition coefficient (Wildman–Crippen LogP) is 4.64. The lowest BCUT2D eigenvalue weighted by Gasteiger charge is -2.06. The van der Waals surface area contributed by atoms with E-state index < -0.39 is 0 Å². The molecule has 0 atom stereocenters. The minimum atomic E-state index is -0.344. The van der Waals surface area contributed by atoms with Gasteiger partial charge in [0.25, 0.3) is 0 Å². The van der Waals surface area contributed by atoms with Crippen LogP contribution >= 0.6 is 0 Å². The Labute approximate surface area is 140 Å². The van der Waals surface area contributed by atoms with Crippen LogP contribution in [-0.2, 0) is 0 Å². The summed E-state index contributed by atoms with van der Waals surface area (Å²) in [7, 11) is 1.51. The van der Waals surface area contributed by atoms with E-state index in [4.69, 9.17) is 4.74 Å². The van der Waals surface area contributed by atoms with Crippen LogP contribution in [0, 0.1) is 11.3 Å². The number of carbonyl (C=O) groups excluding carboxylic acids is 1. The molecule has 3 aromatic rings. The van der Waals surface area contributed by atoms with E-state index in [1.165, 1.54) is 7.11 Å². The van der Waals surface area contributed by atoms with Gasteiger partial charge in [-0.3, -0.25) is 4.79 Å². The molecule has 24 heavy (non-hydrogen) atoms. The molecule has 0 aliphatic heterocycles. The van der Waals surface area contributed by atoms with Crippen molar-refractivity contribution in [1.29, 1.82) is 5.26 Å². The Balaban J connectivity index is 2.02. The topological polar surface area (TPSA) is 50.1 Å². The first kappa shape index (κ1) is 15.5. The van der Waals surface area contributed by atoms with Gasteiger partial charge in [0.2, 0.25) is 5.78 Å². The Kier molecular flexibility index (Phi) is 4.40. The lowest BCUT2D eigenvalue weighted by Crippen LogP contribution is -2.04. The fourth-order valence-corrected chi connectivity index (χ4v) is 2.59. The lowest BCUT2D eigenvalue weighted by atomic mass is 10.00. The average Bonchev–Trinajstić information content (AvgIpc) is 2.65. The van der Waals surface area contributed by atoms with Gasteiger partial charge in [0.1, 0.15) is 17.4 Å². The van der Waals surface area contributed by atoms with Gasteiger partial charge in [-0.15, -0.1) is 0 Å². The quantitative estimate of drug-likeness (QED) is 0.400. The Bertz CT molecular complexity index is 980. The van der Waals surface area contributed by atoms with Gasteiger partial charge in [-0.25, -0.2) is 0 Å². The maximum absolute atomic E-state index is 12.7. The number of Topliss-reactive ketones (excluding diaryl/α,β-unsaturated/α-hetero) is 1. The van der Waals surface area contributed by atoms with Gasteiger partial charge in [0.15, 0.2) is 0 Å². The van der Waals surface area contributed by atoms with Crippen LogP contribution in [0.4, 0.5) is 0 Å². The van der Waals surface area contributed by atoms with E-state index in [2.05, 4.69) is 0 Å². The Hall–Kier alpha value is -3.38. The molecule has 0 unspecified atom stereocenters. The number of para-hydroxylation sites is 1. The van der Waals surface area contributed by atoms with Crippen molar-refractivity contribution in [3.05, 3.63) is 83.4 Å². The molecule has 3 rings (SSSR count). The van der Waals surface area contributed by atoms with Crippen molar-refractivity contribution < 1.29 is 9.53 Å². The summed E-state index contributed by atoms with van der Waals surface area (Å²) in [6.45, 7) is 0. The first-order valence-corrected chi connectivity index (χ1v) is 7.51. The summed E-state index contributed by atoms with van der Waals surface area (Å²) >= 11 is 0. The van der Waals surface area contributed by atoms with E-state index in [1.807, 2.05) is 48.5 Å². The van der Waals surface area contributed by atoms with Gasteiger partial charge >= 0.3 is 0 Å². The van der Waals surface area contributed by atoms with E-state index in [1.54, 1.807) is 30.3 Å². The number of nitrogens with zero attached hydrogens (tertiary/aromatic N) is 1. The van der Waals surface area contributed by atoms with Crippen LogP contribution in [0.5, 0.6) is 5.75 Å². The molecule has 116 valence electrons. The van der Waals surface area contributed by atoms with Gasteiger partial charge in [0.05, 0.1) is 12.7 Å². The molecule has 0 amide bonds. The van der Waals surface area contributed by atoms with Crippen molar-refractivity contribution in [2.24, 2.45) is 0 Å². The molecule has 3 heteroatoms. The number of methoxy groups -OCH3 is 1. The third-order valence-electron chi connectivity index (χ3n) is 3.80. The number of ether oxygens (including phenoxy) is 1. The van der Waals surface area contributed by atoms with Crippen LogP contribution in [0.15, 0.2) is 72.3 Å². The average molecular weight is 313 g/mol. The molecule has 0 heterocycles. The third kappa shape index (κ3) is 3.04. The second-order valence-electron chi connectivity index (χ2n) is 5.31. The number of fused-ring (bicyclic) bond motifs is 1. The predicted molar refractivity (Wildman–Crippen MR) is 94.9 cm³/mol. The molecule has 0 bridgehead atoms. The molecule has 3 nitrogen and oxygen atoms in total. The smallest absolute Gasteiger partial charge is 0.207 e. The Morgan fingerprint density at radius 3 is 2.46 bits per heavy atom. The normalized spacial score (nSPS) is 11.1. The molecule has 0 fully saturated rings. The van der Waals surface area contributed by atoms with Crippen LogP contribution in [0.1, 0.15) is 15.9 Å². The minimum absolute atomic E-state index is 0.0785. The highest BCUT2D eigenvalue weighted by Crippen LogP contribution is 2.23. The summed E-state index contributed by atoms with van der Waals surface area (Å²) in [6, 6.07) is 22.7. The van der Waals surface area contributed by atoms with Gasteiger partial charge < -0.3 is 4.74 Å². The van der Waals surface area contributed by atoms with Crippen LogP contribution < -0.4 is 4.74 Å². The van der Waals surface area contributed by atoms with Crippen LogP contribution in [0.3, 0.4) is 0 Å². The zero-order chi connectivity index (χ0) is 16.9. The summed E-state index contributed by atoms with van der Waals surface area (Å²) in [5.41, 5.74) is 1.27. The van der Waals surface area contributed by atoms with Crippen molar-refractivity contribution in [2.75, 3.05) is 7.11 Å². The summed E-state index contributed by atoms with van der Waals surface area (Å²) in [5.74, 6) is 0.116. The SMILES string of the molecule is COc1ccccc1C(=O)/C(C#N)=C/c1ccc2ccccc2c1. The molecule has 0 saturated carbocycles. The molecule has 0 aromatic heterocycles. The molecule has 0 saturated heterocycles. The number of nitriles is 1. The fraction of sp³-hybridized carbons (Fsp3) is 0.0476. The van der Waals surface area contributed by atoms with Gasteiger partial charge in [0, 0.05) is 0 Å². The first-order valence-electron chi connectivity index (χ1n) is 7.51. The van der Waals surface area contributed by atoms with Crippen LogP contribution in [0.25, 0.3) is 16.8 Å². The lowest BCUT2D eigenvalue weighted by molar-refractivity contribution is 0.103. The van der Waals surface area contributed by atoms with Gasteiger partial charge in [-0.05, 0) is 40.6 Å². The van der Waals surface area contributed by atoms with E-state index in [-0.39, 0.29) is 11.4 Å². The van der Waals surface area contributed by atoms with Crippen LogP contribution in [0.2, 0.25) is 0 Å². The summed E-state index contributed by atoms with van der Waals surface area (Å²) in [4.78, 5) is 12.7. The molecule has 0 spiro atoms. The highest BCUT2D eigenvalue weighted by molar-refractivity contribution is 6.15. The second-order valence-corrected chi connectivity index (χ2v) is 5.31. The summed E-state index contributed by atoms with van der Waals surface area (Å²) < 4.78 is 5.21. The highest BCUT2D eigenvalue weighted by atomic mass is 16.5. The third-order valence-corrected chi connectivity index (χ3v) is 3.80. The first-order chi connectivity index (χ1) is 11.7. The number of benzene rings is 3. The van der Waals surface area contributed by atoms with E-state index in [9.17, 15) is 10.1 Å². The number of hydrogen-bond acceptors (Lipinski definition) is 3. The zero-order valence-corrected chi connectivity index (χ0v) is 13.2. The largest absolute Gasteiger partial charge is 0.496 e. The van der Waals surface area contributed by atoms with Crippen molar-refractivity contribution in [3.8, 4) is 11.8 Å². The van der Waals surface area contributed by atoms with E-state index >= 15 is 0 Å². The number of rotatable bonds is 4. The zero-order valence-electron chi connectivity index (χ0n) is 13.2. The standard InChI is InChI=1S/C21H15NO2/c1-24-20-9-5-4-8-19(20)21(23)18(14-22)13-15-10-11-16-6-2-3-7-17(16)12-15/h2-13H,1H3/b18-13+. The minimum Gasteiger partial charge on any atom is -0.496 e. The van der Waals surface area contributed by atoms with Crippen molar-refractivity contribution in [1.82, 2.24) is 0 Å². The van der Waals surface area contributed by atoms with Gasteiger partial charge in [-0.2, -0.15) is 5.26 Å². The van der Waals surface area contributed by atoms with Gasteiger partial charge in [-0.1, -0.05) is 48.5 Å². The Morgan fingerprint density at radius 2 is 1.71 bits per heavy atom. The molecule has 3 aromatic carbocycles. The Morgan fingerprint density at radius 1 is 1.00 bits per heavy atom. The number of ketones is 1. The monoisotopic (exact) mass is 313 g/mol.